The minimum atomic E-state index is -0.715. The first-order chi connectivity index (χ1) is 17.0. The van der Waals surface area contributed by atoms with Gasteiger partial charge in [-0.1, -0.05) is 6.07 Å². The minimum absolute atomic E-state index is 0.0634. The van der Waals surface area contributed by atoms with Crippen LogP contribution in [0.15, 0.2) is 18.2 Å². The second-order valence-corrected chi connectivity index (χ2v) is 10.3. The first-order valence-corrected chi connectivity index (χ1v) is 12.2. The Morgan fingerprint density at radius 1 is 1.11 bits per heavy atom. The predicted molar refractivity (Wildman–Crippen MR) is 127 cm³/mol. The Morgan fingerprint density at radius 3 is 2.50 bits per heavy atom. The summed E-state index contributed by atoms with van der Waals surface area (Å²) in [7, 11) is 0. The third kappa shape index (κ3) is 5.77. The van der Waals surface area contributed by atoms with Crippen molar-refractivity contribution < 1.29 is 33.4 Å². The molecule has 1 aromatic rings. The zero-order valence-electron chi connectivity index (χ0n) is 20.8. The van der Waals surface area contributed by atoms with Crippen LogP contribution in [-0.4, -0.2) is 76.9 Å². The Morgan fingerprint density at radius 2 is 1.83 bits per heavy atom. The number of piperidine rings is 2. The number of amides is 5. The van der Waals surface area contributed by atoms with E-state index in [1.165, 1.54) is 4.90 Å². The van der Waals surface area contributed by atoms with E-state index in [0.717, 1.165) is 0 Å². The lowest BCUT2D eigenvalue weighted by Crippen LogP contribution is -2.52. The Hall–Kier alpha value is -3.63. The molecular weight excluding hydrogens is 468 g/mol. The fraction of sp³-hybridized carbons (Fsp3) is 0.560. The summed E-state index contributed by atoms with van der Waals surface area (Å²) < 4.78 is 11.1. The van der Waals surface area contributed by atoms with Gasteiger partial charge in [0.2, 0.25) is 11.8 Å². The Bertz CT molecular complexity index is 1070. The van der Waals surface area contributed by atoms with Gasteiger partial charge >= 0.3 is 6.09 Å². The van der Waals surface area contributed by atoms with E-state index in [1.807, 2.05) is 0 Å². The van der Waals surface area contributed by atoms with E-state index < -0.39 is 23.6 Å². The van der Waals surface area contributed by atoms with Crippen LogP contribution in [0.5, 0.6) is 5.75 Å². The molecule has 0 spiro atoms. The summed E-state index contributed by atoms with van der Waals surface area (Å²) in [4.78, 5) is 64.6. The van der Waals surface area contributed by atoms with Gasteiger partial charge in [0, 0.05) is 36.7 Å². The van der Waals surface area contributed by atoms with Crippen LogP contribution in [0.4, 0.5) is 4.79 Å². The molecule has 2 N–H and O–H groups in total. The van der Waals surface area contributed by atoms with Gasteiger partial charge in [-0.25, -0.2) is 4.79 Å². The van der Waals surface area contributed by atoms with Crippen LogP contribution in [0.1, 0.15) is 62.4 Å². The van der Waals surface area contributed by atoms with Crippen molar-refractivity contribution in [3.63, 3.8) is 0 Å². The van der Waals surface area contributed by atoms with E-state index >= 15 is 0 Å². The maximum atomic E-state index is 12.9. The fourth-order valence-corrected chi connectivity index (χ4v) is 4.67. The molecule has 11 heteroatoms. The van der Waals surface area contributed by atoms with Crippen LogP contribution >= 0.6 is 0 Å². The van der Waals surface area contributed by atoms with E-state index in [1.54, 1.807) is 43.9 Å². The lowest BCUT2D eigenvalue weighted by Gasteiger charge is -2.32. The van der Waals surface area contributed by atoms with Gasteiger partial charge in [0.1, 0.15) is 17.4 Å². The number of benzene rings is 1. The zero-order valence-corrected chi connectivity index (χ0v) is 20.8. The van der Waals surface area contributed by atoms with Gasteiger partial charge in [0.25, 0.3) is 11.8 Å². The van der Waals surface area contributed by atoms with Crippen LogP contribution in [0.25, 0.3) is 0 Å². The number of carbonyl (C=O) groups is 5. The normalized spacial score (nSPS) is 20.6. The topological polar surface area (TPSA) is 134 Å². The summed E-state index contributed by atoms with van der Waals surface area (Å²) in [5, 5.41) is 5.13. The number of rotatable bonds is 5. The molecule has 0 aliphatic carbocycles. The number of ether oxygens (including phenoxy) is 2. The molecule has 3 heterocycles. The minimum Gasteiger partial charge on any atom is -0.483 e. The van der Waals surface area contributed by atoms with Crippen molar-refractivity contribution >= 4 is 29.7 Å². The van der Waals surface area contributed by atoms with E-state index in [2.05, 4.69) is 10.6 Å². The van der Waals surface area contributed by atoms with Crippen molar-refractivity contribution in [3.05, 3.63) is 29.3 Å². The quantitative estimate of drug-likeness (QED) is 0.583. The van der Waals surface area contributed by atoms with Crippen molar-refractivity contribution in [2.45, 2.75) is 70.7 Å². The first kappa shape index (κ1) is 25.5. The molecule has 2 fully saturated rings. The molecule has 1 aromatic carbocycles. The molecule has 1 atom stereocenters. The average molecular weight is 501 g/mol. The highest BCUT2D eigenvalue weighted by Crippen LogP contribution is 2.33. The largest absolute Gasteiger partial charge is 0.483 e. The molecule has 194 valence electrons. The fourth-order valence-electron chi connectivity index (χ4n) is 4.67. The molecule has 1 unspecified atom stereocenters. The van der Waals surface area contributed by atoms with Gasteiger partial charge in [-0.05, 0) is 52.2 Å². The summed E-state index contributed by atoms with van der Waals surface area (Å²) in [6.07, 6.45) is 1.22. The molecule has 3 aliphatic heterocycles. The summed E-state index contributed by atoms with van der Waals surface area (Å²) in [6, 6.07) is 4.27. The molecule has 5 amide bonds. The smallest absolute Gasteiger partial charge is 0.407 e. The number of fused-ring (bicyclic) bond motifs is 1. The van der Waals surface area contributed by atoms with E-state index in [9.17, 15) is 24.0 Å². The van der Waals surface area contributed by atoms with Crippen LogP contribution < -0.4 is 15.4 Å². The van der Waals surface area contributed by atoms with Crippen LogP contribution in [0.3, 0.4) is 0 Å². The number of imide groups is 1. The van der Waals surface area contributed by atoms with Crippen molar-refractivity contribution in [2.75, 3.05) is 19.7 Å². The van der Waals surface area contributed by atoms with Crippen molar-refractivity contribution in [1.82, 2.24) is 20.4 Å². The van der Waals surface area contributed by atoms with Gasteiger partial charge in [0.05, 0.1) is 6.54 Å². The molecule has 3 aliphatic rings. The second-order valence-electron chi connectivity index (χ2n) is 10.3. The molecule has 36 heavy (non-hydrogen) atoms. The van der Waals surface area contributed by atoms with Crippen LogP contribution in [-0.2, 0) is 25.7 Å². The summed E-state index contributed by atoms with van der Waals surface area (Å²) >= 11 is 0. The summed E-state index contributed by atoms with van der Waals surface area (Å²) in [6.45, 7) is 6.36. The highest BCUT2D eigenvalue weighted by molar-refractivity contribution is 6.05. The SMILES string of the molecule is CC(C)(C)OC(=O)NC1CCN(C(=O)COc2cccc3c2CN(C2CCC(=O)NC2=O)C3=O)CC1. The number of carbonyl (C=O) groups excluding carboxylic acids is 5. The second kappa shape index (κ2) is 10.2. The monoisotopic (exact) mass is 500 g/mol. The maximum absolute atomic E-state index is 12.9. The Kier molecular flexibility index (Phi) is 7.18. The third-order valence-corrected chi connectivity index (χ3v) is 6.46. The highest BCUT2D eigenvalue weighted by Gasteiger charge is 2.40. The number of alkyl carbamates (subject to hydrolysis) is 1. The standard InChI is InChI=1S/C25H32N4O7/c1-25(2,3)36-24(34)26-15-9-11-28(12-10-15)21(31)14-35-19-6-4-5-16-17(19)13-29(23(16)33)18-7-8-20(30)27-22(18)32/h4-6,15,18H,7-14H2,1-3H3,(H,26,34)(H,27,30,32). The van der Waals surface area contributed by atoms with E-state index in [4.69, 9.17) is 9.47 Å². The molecule has 0 saturated carbocycles. The number of nitrogens with zero attached hydrogens (tertiary/aromatic N) is 2. The maximum Gasteiger partial charge on any atom is 0.407 e. The highest BCUT2D eigenvalue weighted by atomic mass is 16.6. The molecule has 0 bridgehead atoms. The first-order valence-electron chi connectivity index (χ1n) is 12.2. The van der Waals surface area contributed by atoms with Gasteiger partial charge in [-0.15, -0.1) is 0 Å². The lowest BCUT2D eigenvalue weighted by atomic mass is 10.0. The van der Waals surface area contributed by atoms with E-state index in [0.29, 0.717) is 42.8 Å². The Balaban J connectivity index is 1.30. The summed E-state index contributed by atoms with van der Waals surface area (Å²) in [5.74, 6) is -0.877. The average Bonchev–Trinajstić information content (AvgIpc) is 3.13. The number of hydrogen-bond donors (Lipinski definition) is 2. The van der Waals surface area contributed by atoms with Crippen molar-refractivity contribution in [2.24, 2.45) is 0 Å². The molecule has 11 nitrogen and oxygen atoms in total. The van der Waals surface area contributed by atoms with Crippen molar-refractivity contribution in [1.29, 1.82) is 0 Å². The lowest BCUT2D eigenvalue weighted by molar-refractivity contribution is -0.137. The van der Waals surface area contributed by atoms with Crippen LogP contribution in [0, 0.1) is 0 Å². The number of nitrogens with one attached hydrogen (secondary N) is 2. The third-order valence-electron chi connectivity index (χ3n) is 6.46. The number of hydrogen-bond acceptors (Lipinski definition) is 7. The predicted octanol–water partition coefficient (Wildman–Crippen LogP) is 1.34. The molecule has 0 radical (unpaired) electrons. The molecule has 2 saturated heterocycles. The van der Waals surface area contributed by atoms with Crippen LogP contribution in [0.2, 0.25) is 0 Å². The van der Waals surface area contributed by atoms with Gasteiger partial charge in [0.15, 0.2) is 6.61 Å². The van der Waals surface area contributed by atoms with Gasteiger partial charge in [-0.2, -0.15) is 0 Å². The van der Waals surface area contributed by atoms with E-state index in [-0.39, 0.29) is 49.8 Å². The van der Waals surface area contributed by atoms with Gasteiger partial charge in [-0.3, -0.25) is 24.5 Å². The molecule has 0 aromatic heterocycles. The Labute approximate surface area is 209 Å². The molecular formula is C25H32N4O7. The number of likely N-dealkylation sites (tertiary alicyclic amines) is 1. The van der Waals surface area contributed by atoms with Crippen molar-refractivity contribution in [3.8, 4) is 5.75 Å². The molecule has 4 rings (SSSR count). The zero-order chi connectivity index (χ0) is 26.0. The van der Waals surface area contributed by atoms with Gasteiger partial charge < -0.3 is 24.6 Å². The summed E-state index contributed by atoms with van der Waals surface area (Å²) in [5.41, 5.74) is 0.484.